The maximum absolute atomic E-state index is 9.74. The molecule has 69 valence electrons. The van der Waals surface area contributed by atoms with Crippen molar-refractivity contribution in [3.05, 3.63) is 23.8 Å². The molecule has 0 spiro atoms. The molecule has 0 bridgehead atoms. The number of benzene rings is 1. The minimum atomic E-state index is 0.275. The van der Waals surface area contributed by atoms with Gasteiger partial charge in [0.25, 0.3) is 0 Å². The molecule has 1 radical (unpaired) electrons. The van der Waals surface area contributed by atoms with Gasteiger partial charge in [-0.2, -0.15) is 0 Å². The van der Waals surface area contributed by atoms with Crippen molar-refractivity contribution in [2.45, 2.75) is 6.42 Å². The Kier molecular flexibility index (Phi) is 3.14. The second-order valence-electron chi connectivity index (χ2n) is 2.60. The smallest absolute Gasteiger partial charge is 0.417 e. The van der Waals surface area contributed by atoms with E-state index >= 15 is 0 Å². The minimum Gasteiger partial charge on any atom is -0.457 e. The largest absolute Gasteiger partial charge is 0.457 e. The monoisotopic (exact) mass is 179 g/mol. The fourth-order valence-corrected chi connectivity index (χ4v) is 1.05. The van der Waals surface area contributed by atoms with Gasteiger partial charge in [0.05, 0.1) is 18.0 Å². The zero-order chi connectivity index (χ0) is 9.68. The molecule has 1 aromatic rings. The first-order chi connectivity index (χ1) is 6.25. The average molecular weight is 179 g/mol. The molecule has 0 saturated heterocycles. The number of nitrogens with two attached hydrogens (primary N) is 2. The van der Waals surface area contributed by atoms with Crippen molar-refractivity contribution in [2.24, 2.45) is 0 Å². The van der Waals surface area contributed by atoms with Gasteiger partial charge < -0.3 is 16.2 Å². The van der Waals surface area contributed by atoms with Crippen LogP contribution >= 0.6 is 0 Å². The Morgan fingerprint density at radius 2 is 2.15 bits per heavy atom. The molecule has 1 rings (SSSR count). The van der Waals surface area contributed by atoms with E-state index in [-0.39, 0.29) is 6.61 Å². The lowest BCUT2D eigenvalue weighted by Crippen LogP contribution is -2.03. The third-order valence-electron chi connectivity index (χ3n) is 1.76. The van der Waals surface area contributed by atoms with Crippen molar-refractivity contribution in [1.29, 1.82) is 0 Å². The number of nitrogen functional groups attached to an aromatic ring is 2. The van der Waals surface area contributed by atoms with Gasteiger partial charge in [-0.1, -0.05) is 12.1 Å². The lowest BCUT2D eigenvalue weighted by molar-refractivity contribution is 0.282. The minimum absolute atomic E-state index is 0.275. The predicted molar refractivity (Wildman–Crippen MR) is 50.6 cm³/mol. The zero-order valence-corrected chi connectivity index (χ0v) is 7.12. The molecule has 0 fully saturated rings. The second kappa shape index (κ2) is 4.35. The molecule has 0 heterocycles. The van der Waals surface area contributed by atoms with Gasteiger partial charge in [-0.05, 0) is 11.6 Å². The van der Waals surface area contributed by atoms with Gasteiger partial charge in [-0.25, -0.2) is 4.79 Å². The zero-order valence-electron chi connectivity index (χ0n) is 7.12. The molecule has 4 N–H and O–H groups in total. The van der Waals surface area contributed by atoms with Crippen LogP contribution in [0.1, 0.15) is 5.56 Å². The number of anilines is 2. The maximum atomic E-state index is 9.74. The molecule has 0 aliphatic heterocycles. The van der Waals surface area contributed by atoms with Crippen LogP contribution in [0.25, 0.3) is 0 Å². The first-order valence-electron chi connectivity index (χ1n) is 3.87. The van der Waals surface area contributed by atoms with Crippen LogP contribution < -0.4 is 11.5 Å². The lowest BCUT2D eigenvalue weighted by Gasteiger charge is -2.06. The summed E-state index contributed by atoms with van der Waals surface area (Å²) < 4.78 is 4.43. The fourth-order valence-electron chi connectivity index (χ4n) is 1.05. The van der Waals surface area contributed by atoms with Gasteiger partial charge >= 0.3 is 6.47 Å². The quantitative estimate of drug-likeness (QED) is 0.520. The number of hydrogen-bond acceptors (Lipinski definition) is 4. The molecule has 4 nitrogen and oxygen atoms in total. The second-order valence-corrected chi connectivity index (χ2v) is 2.60. The molecule has 0 saturated carbocycles. The molecule has 1 aromatic carbocycles. The number of carbonyl (C=O) groups excluding carboxylic acids is 1. The van der Waals surface area contributed by atoms with Gasteiger partial charge in [0.1, 0.15) is 0 Å². The molecule has 4 heteroatoms. The van der Waals surface area contributed by atoms with Crippen LogP contribution in [0.5, 0.6) is 0 Å². The van der Waals surface area contributed by atoms with Crippen LogP contribution in [0.2, 0.25) is 0 Å². The number of rotatable bonds is 4. The van der Waals surface area contributed by atoms with E-state index in [1.165, 1.54) is 6.47 Å². The van der Waals surface area contributed by atoms with E-state index in [1.54, 1.807) is 6.07 Å². The summed E-state index contributed by atoms with van der Waals surface area (Å²) in [6.07, 6.45) is 0.562. The summed E-state index contributed by atoms with van der Waals surface area (Å²) in [7, 11) is 0. The normalized spacial score (nSPS) is 9.54. The van der Waals surface area contributed by atoms with Crippen molar-refractivity contribution < 1.29 is 9.53 Å². The summed E-state index contributed by atoms with van der Waals surface area (Å²) in [5.41, 5.74) is 13.3. The summed E-state index contributed by atoms with van der Waals surface area (Å²) in [4.78, 5) is 9.74. The van der Waals surface area contributed by atoms with Crippen molar-refractivity contribution in [3.63, 3.8) is 0 Å². The van der Waals surface area contributed by atoms with Crippen LogP contribution in [0.4, 0.5) is 11.4 Å². The van der Waals surface area contributed by atoms with Gasteiger partial charge in [-0.15, -0.1) is 0 Å². The van der Waals surface area contributed by atoms with Crippen LogP contribution in [0, 0.1) is 0 Å². The van der Waals surface area contributed by atoms with E-state index in [0.29, 0.717) is 17.8 Å². The number of hydrogen-bond donors (Lipinski definition) is 2. The Morgan fingerprint density at radius 1 is 1.38 bits per heavy atom. The predicted octanol–water partition coefficient (Wildman–Crippen LogP) is 0.477. The van der Waals surface area contributed by atoms with E-state index in [4.69, 9.17) is 11.5 Å². The topological polar surface area (TPSA) is 78.3 Å². The van der Waals surface area contributed by atoms with Crippen LogP contribution in [0.3, 0.4) is 0 Å². The Morgan fingerprint density at radius 3 is 2.85 bits per heavy atom. The molecule has 0 aliphatic carbocycles. The Hall–Kier alpha value is -1.71. The number of para-hydroxylation sites is 1. The Labute approximate surface area is 76.5 Å². The summed E-state index contributed by atoms with van der Waals surface area (Å²) in [5.74, 6) is 0. The molecule has 0 amide bonds. The van der Waals surface area contributed by atoms with Gasteiger partial charge in [0, 0.05) is 6.42 Å². The molecule has 0 aromatic heterocycles. The van der Waals surface area contributed by atoms with Crippen LogP contribution in [-0.2, 0) is 16.0 Å². The first-order valence-corrected chi connectivity index (χ1v) is 3.87. The molecular weight excluding hydrogens is 168 g/mol. The molecular formula is C9H11N2O2. The fraction of sp³-hybridized carbons (Fsp3) is 0.222. The number of ether oxygens (including phenoxy) is 1. The standard InChI is InChI=1S/C9H11N2O2/c10-8-3-1-2-7(9(8)11)4-5-13-6-12/h1-3H,4-5,10-11H2. The van der Waals surface area contributed by atoms with E-state index in [1.807, 2.05) is 12.1 Å². The van der Waals surface area contributed by atoms with Crippen LogP contribution in [0.15, 0.2) is 18.2 Å². The Bertz CT molecular complexity index is 300. The molecule has 13 heavy (non-hydrogen) atoms. The third-order valence-corrected chi connectivity index (χ3v) is 1.76. The highest BCUT2D eigenvalue weighted by atomic mass is 16.5. The van der Waals surface area contributed by atoms with E-state index in [2.05, 4.69) is 4.74 Å². The molecule has 0 aliphatic rings. The molecule has 0 unspecified atom stereocenters. The highest BCUT2D eigenvalue weighted by Gasteiger charge is 2.01. The van der Waals surface area contributed by atoms with Crippen molar-refractivity contribution in [2.75, 3.05) is 18.1 Å². The van der Waals surface area contributed by atoms with Crippen LogP contribution in [-0.4, -0.2) is 13.1 Å². The molecule has 0 atom stereocenters. The third kappa shape index (κ3) is 2.37. The summed E-state index contributed by atoms with van der Waals surface area (Å²) >= 11 is 0. The highest BCUT2D eigenvalue weighted by molar-refractivity contribution is 5.67. The maximum Gasteiger partial charge on any atom is 0.417 e. The van der Waals surface area contributed by atoms with E-state index < -0.39 is 0 Å². The lowest BCUT2D eigenvalue weighted by atomic mass is 10.1. The van der Waals surface area contributed by atoms with Crippen molar-refractivity contribution in [3.8, 4) is 0 Å². The summed E-state index contributed by atoms with van der Waals surface area (Å²) in [6.45, 7) is 1.62. The summed E-state index contributed by atoms with van der Waals surface area (Å²) in [6, 6.07) is 5.39. The van der Waals surface area contributed by atoms with Gasteiger partial charge in [-0.3, -0.25) is 0 Å². The Balaban J connectivity index is 2.65. The van der Waals surface area contributed by atoms with Gasteiger partial charge in [0.15, 0.2) is 0 Å². The van der Waals surface area contributed by atoms with E-state index in [0.717, 1.165) is 5.56 Å². The summed E-state index contributed by atoms with van der Waals surface area (Å²) in [5, 5.41) is 0. The van der Waals surface area contributed by atoms with Crippen molar-refractivity contribution in [1.82, 2.24) is 0 Å². The van der Waals surface area contributed by atoms with Crippen molar-refractivity contribution >= 4 is 17.8 Å². The highest BCUT2D eigenvalue weighted by Crippen LogP contribution is 2.19. The average Bonchev–Trinajstić information content (AvgIpc) is 2.13. The van der Waals surface area contributed by atoms with Gasteiger partial charge in [0.2, 0.25) is 0 Å². The van der Waals surface area contributed by atoms with E-state index in [9.17, 15) is 4.79 Å². The first kappa shape index (κ1) is 9.38. The SMILES string of the molecule is Nc1cccc(CCO[C]=O)c1N.